The van der Waals surface area contributed by atoms with E-state index in [0.29, 0.717) is 5.92 Å². The van der Waals surface area contributed by atoms with Crippen LogP contribution in [0.2, 0.25) is 0 Å². The largest absolute Gasteiger partial charge is 0.508 e. The molecule has 0 radical (unpaired) electrons. The Morgan fingerprint density at radius 1 is 1.56 bits per heavy atom. The van der Waals surface area contributed by atoms with E-state index in [1.165, 1.54) is 0 Å². The summed E-state index contributed by atoms with van der Waals surface area (Å²) in [6.07, 6.45) is 1.14. The summed E-state index contributed by atoms with van der Waals surface area (Å²) in [5, 5.41) is 9.96. The van der Waals surface area contributed by atoms with Crippen molar-refractivity contribution in [3.8, 4) is 5.75 Å². The molecule has 1 aliphatic rings. The summed E-state index contributed by atoms with van der Waals surface area (Å²) in [7, 11) is 1.74. The predicted molar refractivity (Wildman–Crippen MR) is 72.9 cm³/mol. The van der Waals surface area contributed by atoms with E-state index in [4.69, 9.17) is 10.5 Å². The normalized spacial score (nSPS) is 21.3. The monoisotopic (exact) mass is 250 g/mol. The molecule has 4 heteroatoms. The van der Waals surface area contributed by atoms with E-state index in [9.17, 15) is 5.11 Å². The van der Waals surface area contributed by atoms with Crippen LogP contribution in [0.1, 0.15) is 24.9 Å². The Bertz CT molecular complexity index is 407. The van der Waals surface area contributed by atoms with Crippen molar-refractivity contribution < 1.29 is 9.84 Å². The van der Waals surface area contributed by atoms with Crippen LogP contribution in [0, 0.1) is 5.92 Å². The Kier molecular flexibility index (Phi) is 4.09. The number of methoxy groups -OCH3 is 1. The Morgan fingerprint density at radius 3 is 2.94 bits per heavy atom. The second-order valence-corrected chi connectivity index (χ2v) is 5.09. The number of phenols is 1. The van der Waals surface area contributed by atoms with Crippen LogP contribution >= 0.6 is 0 Å². The minimum absolute atomic E-state index is 0.140. The zero-order valence-corrected chi connectivity index (χ0v) is 11.1. The summed E-state index contributed by atoms with van der Waals surface area (Å²) in [5.41, 5.74) is 7.65. The number of nitrogens with two attached hydrogens (primary N) is 1. The van der Waals surface area contributed by atoms with Crippen molar-refractivity contribution in [1.29, 1.82) is 0 Å². The first-order valence-corrected chi connectivity index (χ1v) is 6.44. The van der Waals surface area contributed by atoms with Gasteiger partial charge in [0.25, 0.3) is 0 Å². The summed E-state index contributed by atoms with van der Waals surface area (Å²) in [6, 6.07) is 5.62. The number of rotatable bonds is 4. The lowest BCUT2D eigenvalue weighted by molar-refractivity contribution is 0.161. The quantitative estimate of drug-likeness (QED) is 0.856. The third-order valence-electron chi connectivity index (χ3n) is 3.56. The van der Waals surface area contributed by atoms with E-state index in [-0.39, 0.29) is 11.8 Å². The summed E-state index contributed by atoms with van der Waals surface area (Å²) in [4.78, 5) is 2.29. The molecule has 1 saturated heterocycles. The topological polar surface area (TPSA) is 58.7 Å². The molecule has 2 unspecified atom stereocenters. The molecule has 0 spiro atoms. The summed E-state index contributed by atoms with van der Waals surface area (Å²) < 4.78 is 5.19. The summed E-state index contributed by atoms with van der Waals surface area (Å²) in [6.45, 7) is 4.69. The Morgan fingerprint density at radius 2 is 2.33 bits per heavy atom. The number of aromatic hydroxyl groups is 1. The predicted octanol–water partition coefficient (Wildman–Crippen LogP) is 1.88. The van der Waals surface area contributed by atoms with Crippen molar-refractivity contribution >= 4 is 5.69 Å². The molecular formula is C14H22N2O2. The average molecular weight is 250 g/mol. The number of phenolic OH excluding ortho intramolecular Hbond substituents is 1. The molecular weight excluding hydrogens is 228 g/mol. The van der Waals surface area contributed by atoms with Gasteiger partial charge in [0, 0.05) is 49.5 Å². The van der Waals surface area contributed by atoms with Crippen LogP contribution in [0.5, 0.6) is 5.75 Å². The van der Waals surface area contributed by atoms with Gasteiger partial charge in [-0.25, -0.2) is 0 Å². The van der Waals surface area contributed by atoms with Gasteiger partial charge in [-0.2, -0.15) is 0 Å². The molecule has 4 nitrogen and oxygen atoms in total. The lowest BCUT2D eigenvalue weighted by Gasteiger charge is -2.20. The fraction of sp³-hybridized carbons (Fsp3) is 0.571. The Balaban J connectivity index is 2.09. The Hall–Kier alpha value is -1.26. The highest BCUT2D eigenvalue weighted by molar-refractivity contribution is 5.54. The van der Waals surface area contributed by atoms with Crippen LogP contribution in [0.25, 0.3) is 0 Å². The maximum Gasteiger partial charge on any atom is 0.122 e. The molecule has 100 valence electrons. The van der Waals surface area contributed by atoms with E-state index in [2.05, 4.69) is 4.90 Å². The number of ether oxygens (including phenoxy) is 1. The minimum Gasteiger partial charge on any atom is -0.508 e. The molecule has 0 bridgehead atoms. The van der Waals surface area contributed by atoms with Gasteiger partial charge in [0.05, 0.1) is 6.61 Å². The van der Waals surface area contributed by atoms with Crippen LogP contribution in [-0.2, 0) is 4.74 Å². The molecule has 0 aliphatic carbocycles. The third kappa shape index (κ3) is 2.76. The van der Waals surface area contributed by atoms with E-state index in [0.717, 1.165) is 37.4 Å². The molecule has 0 aromatic heterocycles. The number of nitrogens with zero attached hydrogens (tertiary/aromatic N) is 1. The molecule has 18 heavy (non-hydrogen) atoms. The van der Waals surface area contributed by atoms with Crippen molar-refractivity contribution in [2.45, 2.75) is 19.4 Å². The second-order valence-electron chi connectivity index (χ2n) is 5.09. The van der Waals surface area contributed by atoms with Gasteiger partial charge in [-0.3, -0.25) is 0 Å². The van der Waals surface area contributed by atoms with Crippen LogP contribution < -0.4 is 10.6 Å². The lowest BCUT2D eigenvalue weighted by atomic mass is 10.1. The molecule has 1 fully saturated rings. The molecule has 0 amide bonds. The first kappa shape index (κ1) is 13.2. The van der Waals surface area contributed by atoms with E-state index < -0.39 is 0 Å². The highest BCUT2D eigenvalue weighted by Crippen LogP contribution is 2.30. The van der Waals surface area contributed by atoms with Crippen LogP contribution in [0.4, 0.5) is 5.69 Å². The first-order valence-electron chi connectivity index (χ1n) is 6.44. The van der Waals surface area contributed by atoms with Gasteiger partial charge < -0.3 is 20.5 Å². The number of hydrogen-bond donors (Lipinski definition) is 2. The maximum absolute atomic E-state index is 9.96. The molecule has 2 rings (SSSR count). The second kappa shape index (κ2) is 5.59. The molecule has 1 aromatic carbocycles. The third-order valence-corrected chi connectivity index (χ3v) is 3.56. The van der Waals surface area contributed by atoms with Crippen molar-refractivity contribution in [2.24, 2.45) is 11.7 Å². The maximum atomic E-state index is 9.96. The smallest absolute Gasteiger partial charge is 0.122 e. The molecule has 1 aliphatic heterocycles. The SMILES string of the molecule is COCC1CCN(c2ccc(C(C)N)c(O)c2)C1. The average Bonchev–Trinajstić information content (AvgIpc) is 2.77. The van der Waals surface area contributed by atoms with Gasteiger partial charge in [-0.05, 0) is 19.4 Å². The fourth-order valence-electron chi connectivity index (χ4n) is 2.55. The van der Waals surface area contributed by atoms with Gasteiger partial charge in [0.2, 0.25) is 0 Å². The van der Waals surface area contributed by atoms with Gasteiger partial charge in [-0.1, -0.05) is 6.07 Å². The standard InChI is InChI=1S/C14H22N2O2/c1-10(15)13-4-3-12(7-14(13)17)16-6-5-11(8-16)9-18-2/h3-4,7,10-11,17H,5-6,8-9,15H2,1-2H3. The minimum atomic E-state index is -0.140. The fourth-order valence-corrected chi connectivity index (χ4v) is 2.55. The van der Waals surface area contributed by atoms with Gasteiger partial charge >= 0.3 is 0 Å². The van der Waals surface area contributed by atoms with Crippen LogP contribution in [0.3, 0.4) is 0 Å². The van der Waals surface area contributed by atoms with E-state index >= 15 is 0 Å². The first-order chi connectivity index (χ1) is 8.61. The van der Waals surface area contributed by atoms with Gasteiger partial charge in [0.15, 0.2) is 0 Å². The number of hydrogen-bond acceptors (Lipinski definition) is 4. The van der Waals surface area contributed by atoms with Crippen molar-refractivity contribution in [3.63, 3.8) is 0 Å². The number of benzene rings is 1. The van der Waals surface area contributed by atoms with Crippen molar-refractivity contribution in [2.75, 3.05) is 31.7 Å². The summed E-state index contributed by atoms with van der Waals surface area (Å²) in [5.74, 6) is 0.878. The molecule has 2 atom stereocenters. The highest BCUT2D eigenvalue weighted by Gasteiger charge is 2.23. The molecule has 1 heterocycles. The zero-order chi connectivity index (χ0) is 13.1. The molecule has 1 aromatic rings. The van der Waals surface area contributed by atoms with Crippen LogP contribution in [-0.4, -0.2) is 31.9 Å². The zero-order valence-electron chi connectivity index (χ0n) is 11.1. The van der Waals surface area contributed by atoms with Gasteiger partial charge in [-0.15, -0.1) is 0 Å². The van der Waals surface area contributed by atoms with Gasteiger partial charge in [0.1, 0.15) is 5.75 Å². The van der Waals surface area contributed by atoms with Crippen LogP contribution in [0.15, 0.2) is 18.2 Å². The van der Waals surface area contributed by atoms with E-state index in [1.54, 1.807) is 7.11 Å². The molecule has 3 N–H and O–H groups in total. The Labute approximate surface area is 108 Å². The highest BCUT2D eigenvalue weighted by atomic mass is 16.5. The molecule has 0 saturated carbocycles. The van der Waals surface area contributed by atoms with Crippen molar-refractivity contribution in [3.05, 3.63) is 23.8 Å². The van der Waals surface area contributed by atoms with E-state index in [1.807, 2.05) is 25.1 Å². The lowest BCUT2D eigenvalue weighted by Crippen LogP contribution is -2.21. The van der Waals surface area contributed by atoms with Crippen molar-refractivity contribution in [1.82, 2.24) is 0 Å². The summed E-state index contributed by atoms with van der Waals surface area (Å²) >= 11 is 0. The number of anilines is 1.